The number of fused-ring (bicyclic) bond motifs is 3. The summed E-state index contributed by atoms with van der Waals surface area (Å²) in [6, 6.07) is 0. The minimum atomic E-state index is -2.35. The number of esters is 2. The van der Waals surface area contributed by atoms with Crippen molar-refractivity contribution in [2.24, 2.45) is 28.6 Å². The molecular weight excluding hydrogens is 528 g/mol. The number of rotatable bonds is 7. The zero-order valence-corrected chi connectivity index (χ0v) is 27.2. The molecular formula is C31H50O8Si. The molecule has 1 aliphatic heterocycles. The van der Waals surface area contributed by atoms with Crippen LogP contribution in [-0.4, -0.2) is 67.2 Å². The fraction of sp³-hybridized carbons (Fsp3) is 0.806. The highest BCUT2D eigenvalue weighted by atomic mass is 28.4. The maximum absolute atomic E-state index is 13.6. The van der Waals surface area contributed by atoms with Gasteiger partial charge in [0.05, 0.1) is 51.8 Å². The number of hydrogen-bond acceptors (Lipinski definition) is 8. The van der Waals surface area contributed by atoms with Gasteiger partial charge in [-0.1, -0.05) is 46.3 Å². The third-order valence-electron chi connectivity index (χ3n) is 11.1. The first-order chi connectivity index (χ1) is 18.6. The summed E-state index contributed by atoms with van der Waals surface area (Å²) in [4.78, 5) is 26.6. The van der Waals surface area contributed by atoms with Crippen molar-refractivity contribution >= 4 is 20.3 Å². The van der Waals surface area contributed by atoms with Gasteiger partial charge in [-0.3, -0.25) is 4.79 Å². The summed E-state index contributed by atoms with van der Waals surface area (Å²) in [6.07, 6.45) is 5.27. The van der Waals surface area contributed by atoms with Crippen molar-refractivity contribution in [2.75, 3.05) is 41.2 Å². The molecule has 4 rings (SSSR count). The molecule has 1 saturated heterocycles. The Hall–Kier alpha value is -1.68. The van der Waals surface area contributed by atoms with E-state index in [0.29, 0.717) is 44.0 Å². The maximum Gasteiger partial charge on any atom is 0.337 e. The van der Waals surface area contributed by atoms with Crippen molar-refractivity contribution in [3.05, 3.63) is 23.0 Å². The van der Waals surface area contributed by atoms with E-state index in [1.54, 1.807) is 7.11 Å². The first kappa shape index (κ1) is 31.3. The van der Waals surface area contributed by atoms with Gasteiger partial charge in [-0.25, -0.2) is 4.79 Å². The lowest BCUT2D eigenvalue weighted by atomic mass is 9.43. The maximum atomic E-state index is 13.6. The predicted molar refractivity (Wildman–Crippen MR) is 154 cm³/mol. The number of hydrogen-bond donors (Lipinski definition) is 0. The van der Waals surface area contributed by atoms with Gasteiger partial charge in [0.15, 0.2) is 5.79 Å². The smallest absolute Gasteiger partial charge is 0.337 e. The monoisotopic (exact) mass is 578 g/mol. The zero-order chi connectivity index (χ0) is 29.7. The molecule has 8 nitrogen and oxygen atoms in total. The number of methoxy groups -OCH3 is 3. The topological polar surface area (TPSA) is 89.5 Å². The quantitative estimate of drug-likeness (QED) is 0.214. The number of carbonyl (C=O) groups is 2. The fourth-order valence-corrected chi connectivity index (χ4v) is 8.97. The molecule has 0 aromatic carbocycles. The molecule has 0 N–H and O–H groups in total. The largest absolute Gasteiger partial charge is 0.546 e. The molecule has 9 heteroatoms. The Bertz CT molecular complexity index is 1070. The van der Waals surface area contributed by atoms with Gasteiger partial charge in [-0.2, -0.15) is 0 Å². The van der Waals surface area contributed by atoms with Crippen LogP contribution in [0.2, 0.25) is 18.1 Å². The summed E-state index contributed by atoms with van der Waals surface area (Å²) in [5.41, 5.74) is 1.05. The summed E-state index contributed by atoms with van der Waals surface area (Å²) >= 11 is 0. The Labute approximate surface area is 241 Å². The molecule has 1 heterocycles. The average Bonchev–Trinajstić information content (AvgIpc) is 3.36. The molecule has 2 fully saturated rings. The predicted octanol–water partition coefficient (Wildman–Crippen LogP) is 5.78. The first-order valence-electron chi connectivity index (χ1n) is 14.7. The fourth-order valence-electron chi connectivity index (χ4n) is 7.85. The highest BCUT2D eigenvalue weighted by Gasteiger charge is 2.65. The van der Waals surface area contributed by atoms with Gasteiger partial charge in [0.25, 0.3) is 0 Å². The summed E-state index contributed by atoms with van der Waals surface area (Å²) in [5, 5.41) is -0.0788. The minimum Gasteiger partial charge on any atom is -0.546 e. The van der Waals surface area contributed by atoms with Gasteiger partial charge in [0.2, 0.25) is 8.32 Å². The Balaban J connectivity index is 1.93. The third-order valence-corrected chi connectivity index (χ3v) is 15.4. The normalized spacial score (nSPS) is 33.6. The number of allylic oxidation sites excluding steroid dienone is 2. The summed E-state index contributed by atoms with van der Waals surface area (Å²) < 4.78 is 36.0. The minimum absolute atomic E-state index is 0.0517. The standard InChI is InChI=1S/C31H50O8Si/c1-20-21-11-12-30(19-34-6)22(17-25(32)35-7)26(27(33)36-8)23(39-40(9,10)28(2,3)4)18-24(30)29(21,5)13-14-31(20)37-15-16-38-31/h11,20,22,24H,12-19H2,1-10H3/t20-,22-,24+,29-,30+/m0/s1. The zero-order valence-electron chi connectivity index (χ0n) is 26.2. The highest BCUT2D eigenvalue weighted by molar-refractivity contribution is 6.74. The second-order valence-electron chi connectivity index (χ2n) is 14.0. The van der Waals surface area contributed by atoms with E-state index in [9.17, 15) is 9.59 Å². The molecule has 5 atom stereocenters. The molecule has 0 unspecified atom stereocenters. The van der Waals surface area contributed by atoms with Crippen LogP contribution >= 0.6 is 0 Å². The van der Waals surface area contributed by atoms with Crippen molar-refractivity contribution in [1.29, 1.82) is 0 Å². The van der Waals surface area contributed by atoms with Gasteiger partial charge < -0.3 is 28.1 Å². The van der Waals surface area contributed by atoms with E-state index in [1.165, 1.54) is 19.8 Å². The van der Waals surface area contributed by atoms with Gasteiger partial charge in [0.1, 0.15) is 0 Å². The third kappa shape index (κ3) is 4.88. The van der Waals surface area contributed by atoms with E-state index in [0.717, 1.165) is 12.8 Å². The lowest BCUT2D eigenvalue weighted by molar-refractivity contribution is -0.216. The second kappa shape index (κ2) is 10.9. The molecule has 1 spiro atoms. The van der Waals surface area contributed by atoms with Crippen molar-refractivity contribution in [2.45, 2.75) is 90.6 Å². The Morgan fingerprint density at radius 1 is 1.07 bits per heavy atom. The number of carbonyl (C=O) groups excluding carboxylic acids is 2. The van der Waals surface area contributed by atoms with Gasteiger partial charge in [0, 0.05) is 37.2 Å². The Kier molecular flexibility index (Phi) is 8.49. The molecule has 226 valence electrons. The number of ether oxygens (including phenoxy) is 5. The van der Waals surface area contributed by atoms with Crippen LogP contribution in [0.15, 0.2) is 23.0 Å². The average molecular weight is 579 g/mol. The van der Waals surface area contributed by atoms with Crippen LogP contribution in [0.1, 0.15) is 66.7 Å². The molecule has 0 aromatic heterocycles. The summed E-state index contributed by atoms with van der Waals surface area (Å²) in [5.74, 6) is -1.05. The molecule has 0 aromatic rings. The SMILES string of the molecule is COC[C@@]12CC=C3[C@H](C)C4(CC[C@]3(C)[C@H]1CC(O[Si](C)(C)C(C)(C)C)=C(C(=O)OC)[C@@H]2CC(=O)OC)OCCO4. The molecule has 0 radical (unpaired) electrons. The van der Waals surface area contributed by atoms with Crippen LogP contribution in [-0.2, 0) is 37.7 Å². The molecule has 40 heavy (non-hydrogen) atoms. The molecule has 0 amide bonds. The first-order valence-corrected chi connectivity index (χ1v) is 17.6. The lowest BCUT2D eigenvalue weighted by Gasteiger charge is -2.62. The van der Waals surface area contributed by atoms with E-state index < -0.39 is 31.4 Å². The Morgan fingerprint density at radius 3 is 2.27 bits per heavy atom. The van der Waals surface area contributed by atoms with Crippen LogP contribution < -0.4 is 0 Å². The van der Waals surface area contributed by atoms with Crippen molar-refractivity contribution in [3.8, 4) is 0 Å². The van der Waals surface area contributed by atoms with Gasteiger partial charge in [-0.15, -0.1) is 0 Å². The van der Waals surface area contributed by atoms with E-state index in [4.69, 9.17) is 28.1 Å². The van der Waals surface area contributed by atoms with Gasteiger partial charge >= 0.3 is 11.9 Å². The summed E-state index contributed by atoms with van der Waals surface area (Å²) in [7, 11) is 2.14. The van der Waals surface area contributed by atoms with Crippen molar-refractivity contribution < 1.29 is 37.7 Å². The van der Waals surface area contributed by atoms with E-state index in [1.807, 2.05) is 0 Å². The highest BCUT2D eigenvalue weighted by Crippen LogP contribution is 2.67. The molecule has 4 aliphatic rings. The molecule has 0 bridgehead atoms. The second-order valence-corrected chi connectivity index (χ2v) is 18.7. The van der Waals surface area contributed by atoms with Crippen LogP contribution in [0.3, 0.4) is 0 Å². The van der Waals surface area contributed by atoms with Crippen LogP contribution in [0.5, 0.6) is 0 Å². The van der Waals surface area contributed by atoms with Crippen LogP contribution in [0.25, 0.3) is 0 Å². The molecule has 1 saturated carbocycles. The molecule has 3 aliphatic carbocycles. The van der Waals surface area contributed by atoms with Crippen LogP contribution in [0.4, 0.5) is 0 Å². The van der Waals surface area contributed by atoms with E-state index in [2.05, 4.69) is 53.8 Å². The van der Waals surface area contributed by atoms with Gasteiger partial charge in [-0.05, 0) is 42.3 Å². The van der Waals surface area contributed by atoms with Crippen LogP contribution in [0, 0.1) is 28.6 Å². The van der Waals surface area contributed by atoms with E-state index >= 15 is 0 Å². The van der Waals surface area contributed by atoms with Crippen molar-refractivity contribution in [1.82, 2.24) is 0 Å². The lowest BCUT2D eigenvalue weighted by Crippen LogP contribution is -2.60. The van der Waals surface area contributed by atoms with Crippen molar-refractivity contribution in [3.63, 3.8) is 0 Å². The Morgan fingerprint density at radius 2 is 1.73 bits per heavy atom. The summed E-state index contributed by atoms with van der Waals surface area (Å²) in [6.45, 7) is 17.1. The van der Waals surface area contributed by atoms with E-state index in [-0.39, 0.29) is 34.7 Å².